The molecular formula is C29H25F3O4S. The molecule has 4 aromatic rings. The molecule has 0 saturated carbocycles. The summed E-state index contributed by atoms with van der Waals surface area (Å²) < 4.78 is 57.5. The summed E-state index contributed by atoms with van der Waals surface area (Å²) in [7, 11) is -5.84. The lowest BCUT2D eigenvalue weighted by atomic mass is 9.88. The largest absolute Gasteiger partial charge is 0.522 e. The summed E-state index contributed by atoms with van der Waals surface area (Å²) in [6.45, 7) is 2.20. The molecule has 0 atom stereocenters. The van der Waals surface area contributed by atoms with Crippen molar-refractivity contribution < 1.29 is 31.2 Å². The van der Waals surface area contributed by atoms with Crippen LogP contribution < -0.4 is 0 Å². The van der Waals surface area contributed by atoms with Gasteiger partial charge in [-0.15, -0.1) is 0 Å². The molecule has 0 aromatic heterocycles. The van der Waals surface area contributed by atoms with Gasteiger partial charge in [-0.2, -0.15) is 21.6 Å². The summed E-state index contributed by atoms with van der Waals surface area (Å²) in [5.74, 6) is 0.318. The second-order valence-electron chi connectivity index (χ2n) is 8.93. The third kappa shape index (κ3) is 6.03. The van der Waals surface area contributed by atoms with Gasteiger partial charge in [-0.3, -0.25) is 4.55 Å². The first-order valence-corrected chi connectivity index (χ1v) is 13.0. The van der Waals surface area contributed by atoms with E-state index in [0.717, 1.165) is 19.3 Å². The lowest BCUT2D eigenvalue weighted by Crippen LogP contribution is -2.21. The smallest absolute Gasteiger partial charge is 0.508 e. The zero-order chi connectivity index (χ0) is 26.8. The van der Waals surface area contributed by atoms with E-state index in [9.17, 15) is 18.3 Å². The topological polar surface area (TPSA) is 74.6 Å². The van der Waals surface area contributed by atoms with Crippen molar-refractivity contribution >= 4 is 10.1 Å². The van der Waals surface area contributed by atoms with E-state index in [1.54, 1.807) is 12.1 Å². The standard InChI is InChI=1S/C28H24O.CHF3O3S/c1-19-6-2-3-7-21(19)17-27-23(16-20-10-13-24(29)14-11-20)12-15-26-25-9-5-4-8-22(25)18-28(26)27;2-1(3,4)8(5,6)7/h2-15,29H,16-18H2,1H3;(H,5,6,7). The highest BCUT2D eigenvalue weighted by molar-refractivity contribution is 7.86. The van der Waals surface area contributed by atoms with Crippen molar-refractivity contribution in [1.82, 2.24) is 0 Å². The third-order valence-corrected chi connectivity index (χ3v) is 7.04. The van der Waals surface area contributed by atoms with Crippen LogP contribution in [0.5, 0.6) is 5.75 Å². The van der Waals surface area contributed by atoms with Crippen LogP contribution in [0.2, 0.25) is 0 Å². The molecule has 8 heteroatoms. The van der Waals surface area contributed by atoms with Crippen LogP contribution in [0.1, 0.15) is 38.9 Å². The molecular weight excluding hydrogens is 501 g/mol. The summed E-state index contributed by atoms with van der Waals surface area (Å²) in [5, 5.41) is 9.63. The van der Waals surface area contributed by atoms with Crippen LogP contribution in [0.25, 0.3) is 11.1 Å². The molecule has 0 radical (unpaired) electrons. The normalized spacial score (nSPS) is 12.4. The molecule has 192 valence electrons. The Morgan fingerprint density at radius 2 is 1.41 bits per heavy atom. The number of benzene rings is 4. The average Bonchev–Trinajstić information content (AvgIpc) is 3.21. The van der Waals surface area contributed by atoms with Gasteiger partial charge in [0.2, 0.25) is 0 Å². The highest BCUT2D eigenvalue weighted by Crippen LogP contribution is 2.40. The van der Waals surface area contributed by atoms with Gasteiger partial charge in [0.1, 0.15) is 5.75 Å². The number of phenolic OH excluding ortho intramolecular Hbond substituents is 1. The van der Waals surface area contributed by atoms with Crippen molar-refractivity contribution in [1.29, 1.82) is 0 Å². The van der Waals surface area contributed by atoms with E-state index in [1.807, 2.05) is 12.1 Å². The molecule has 0 amide bonds. The Hall–Kier alpha value is -3.62. The molecule has 0 unspecified atom stereocenters. The van der Waals surface area contributed by atoms with Gasteiger partial charge in [-0.05, 0) is 88.4 Å². The van der Waals surface area contributed by atoms with Crippen LogP contribution in [0, 0.1) is 6.92 Å². The minimum absolute atomic E-state index is 0.318. The monoisotopic (exact) mass is 526 g/mol. The SMILES string of the molecule is Cc1ccccc1Cc1c(Cc2ccc(O)cc2)ccc2c1Cc1ccccc1-2.O=S(=O)(O)C(F)(F)F. The van der Waals surface area contributed by atoms with E-state index in [1.165, 1.54) is 50.1 Å². The van der Waals surface area contributed by atoms with Crippen LogP contribution in [0.4, 0.5) is 13.2 Å². The molecule has 0 fully saturated rings. The maximum absolute atomic E-state index is 10.7. The molecule has 0 bridgehead atoms. The molecule has 4 nitrogen and oxygen atoms in total. The molecule has 0 aliphatic heterocycles. The summed E-state index contributed by atoms with van der Waals surface area (Å²) in [6.07, 6.45) is 2.85. The van der Waals surface area contributed by atoms with E-state index in [4.69, 9.17) is 13.0 Å². The third-order valence-electron chi connectivity index (χ3n) is 6.45. The number of alkyl halides is 3. The fourth-order valence-electron chi connectivity index (χ4n) is 4.54. The van der Waals surface area contributed by atoms with Crippen LogP contribution >= 0.6 is 0 Å². The number of hydrogen-bond donors (Lipinski definition) is 2. The summed E-state index contributed by atoms with van der Waals surface area (Å²) in [4.78, 5) is 0. The molecule has 0 saturated heterocycles. The lowest BCUT2D eigenvalue weighted by Gasteiger charge is -2.17. The Morgan fingerprint density at radius 1 is 0.784 bits per heavy atom. The Labute approximate surface area is 213 Å². The molecule has 4 aromatic carbocycles. The fraction of sp³-hybridized carbons (Fsp3) is 0.172. The summed E-state index contributed by atoms with van der Waals surface area (Å²) >= 11 is 0. The van der Waals surface area contributed by atoms with Gasteiger partial charge in [0, 0.05) is 0 Å². The molecule has 0 heterocycles. The number of phenols is 1. The Morgan fingerprint density at radius 3 is 2.05 bits per heavy atom. The quantitative estimate of drug-likeness (QED) is 0.198. The number of aromatic hydroxyl groups is 1. The first-order valence-electron chi connectivity index (χ1n) is 11.5. The number of fused-ring (bicyclic) bond motifs is 3. The molecule has 0 spiro atoms. The number of hydrogen-bond acceptors (Lipinski definition) is 3. The van der Waals surface area contributed by atoms with Crippen LogP contribution in [0.3, 0.4) is 0 Å². The predicted molar refractivity (Wildman–Crippen MR) is 137 cm³/mol. The van der Waals surface area contributed by atoms with Crippen molar-refractivity contribution in [2.45, 2.75) is 31.7 Å². The van der Waals surface area contributed by atoms with Gasteiger partial charge < -0.3 is 5.11 Å². The zero-order valence-electron chi connectivity index (χ0n) is 20.0. The van der Waals surface area contributed by atoms with Crippen molar-refractivity contribution in [3.63, 3.8) is 0 Å². The van der Waals surface area contributed by atoms with Crippen molar-refractivity contribution in [3.05, 3.63) is 124 Å². The minimum Gasteiger partial charge on any atom is -0.508 e. The first-order chi connectivity index (χ1) is 17.4. The van der Waals surface area contributed by atoms with E-state index in [0.29, 0.717) is 5.75 Å². The minimum atomic E-state index is -5.84. The lowest BCUT2D eigenvalue weighted by molar-refractivity contribution is -0.0510. The van der Waals surface area contributed by atoms with Gasteiger partial charge in [0.25, 0.3) is 0 Å². The molecule has 1 aliphatic rings. The molecule has 5 rings (SSSR count). The Bertz CT molecular complexity index is 1530. The Kier molecular flexibility index (Phi) is 7.43. The first kappa shape index (κ1) is 26.4. The molecule has 2 N–H and O–H groups in total. The maximum Gasteiger partial charge on any atom is 0.522 e. The second-order valence-corrected chi connectivity index (χ2v) is 10.3. The fourth-order valence-corrected chi connectivity index (χ4v) is 4.54. The van der Waals surface area contributed by atoms with Crippen molar-refractivity contribution in [3.8, 4) is 16.9 Å². The van der Waals surface area contributed by atoms with Gasteiger partial charge in [-0.1, -0.05) is 72.8 Å². The second kappa shape index (κ2) is 10.4. The highest BCUT2D eigenvalue weighted by Gasteiger charge is 2.44. The van der Waals surface area contributed by atoms with E-state index in [2.05, 4.69) is 67.6 Å². The van der Waals surface area contributed by atoms with E-state index >= 15 is 0 Å². The number of aryl methyl sites for hydroxylation is 1. The number of halogens is 3. The van der Waals surface area contributed by atoms with Gasteiger partial charge >= 0.3 is 15.6 Å². The highest BCUT2D eigenvalue weighted by atomic mass is 32.2. The molecule has 1 aliphatic carbocycles. The summed E-state index contributed by atoms with van der Waals surface area (Å²) in [5.41, 5.74) is 6.94. The van der Waals surface area contributed by atoms with Crippen molar-refractivity contribution in [2.24, 2.45) is 0 Å². The zero-order valence-corrected chi connectivity index (χ0v) is 20.8. The van der Waals surface area contributed by atoms with Gasteiger partial charge in [0.15, 0.2) is 0 Å². The number of rotatable bonds is 4. The average molecular weight is 527 g/mol. The summed E-state index contributed by atoms with van der Waals surface area (Å²) in [6, 6.07) is 29.7. The van der Waals surface area contributed by atoms with Crippen LogP contribution in [0.15, 0.2) is 84.9 Å². The van der Waals surface area contributed by atoms with Crippen LogP contribution in [-0.4, -0.2) is 23.6 Å². The maximum atomic E-state index is 10.7. The molecule has 37 heavy (non-hydrogen) atoms. The van der Waals surface area contributed by atoms with Gasteiger partial charge in [-0.25, -0.2) is 0 Å². The van der Waals surface area contributed by atoms with E-state index in [-0.39, 0.29) is 0 Å². The van der Waals surface area contributed by atoms with Gasteiger partial charge in [0.05, 0.1) is 0 Å². The van der Waals surface area contributed by atoms with Crippen molar-refractivity contribution in [2.75, 3.05) is 0 Å². The van der Waals surface area contributed by atoms with E-state index < -0.39 is 15.6 Å². The van der Waals surface area contributed by atoms with Crippen LogP contribution in [-0.2, 0) is 29.4 Å². The Balaban J connectivity index is 0.000000349. The predicted octanol–water partition coefficient (Wildman–Crippen LogP) is 6.85.